The number of nitrogens with two attached hydrogens (primary N) is 1. The topological polar surface area (TPSA) is 107 Å². The van der Waals surface area contributed by atoms with Gasteiger partial charge < -0.3 is 15.8 Å². The molecule has 25 heavy (non-hydrogen) atoms. The average molecular weight is 342 g/mol. The third-order valence-corrected chi connectivity index (χ3v) is 4.10. The van der Waals surface area contributed by atoms with Crippen LogP contribution >= 0.6 is 0 Å². The Bertz CT molecular complexity index is 982. The van der Waals surface area contributed by atoms with Crippen LogP contribution in [-0.4, -0.2) is 32.6 Å². The van der Waals surface area contributed by atoms with Gasteiger partial charge >= 0.3 is 0 Å². The number of halogens is 1. The number of hydrogen-bond donors (Lipinski definition) is 2. The second-order valence-corrected chi connectivity index (χ2v) is 5.83. The summed E-state index contributed by atoms with van der Waals surface area (Å²) in [4.78, 5) is 20.8. The van der Waals surface area contributed by atoms with Gasteiger partial charge in [0.05, 0.1) is 37.6 Å². The number of ether oxygens (including phenoxy) is 1. The Morgan fingerprint density at radius 1 is 1.40 bits per heavy atom. The van der Waals surface area contributed by atoms with Crippen molar-refractivity contribution in [3.8, 4) is 5.75 Å². The Morgan fingerprint density at radius 3 is 2.92 bits per heavy atom. The molecule has 0 spiro atoms. The molecule has 0 saturated heterocycles. The molecule has 1 saturated carbocycles. The van der Waals surface area contributed by atoms with Gasteiger partial charge in [-0.3, -0.25) is 9.78 Å². The van der Waals surface area contributed by atoms with Gasteiger partial charge in [-0.1, -0.05) is 0 Å². The fourth-order valence-electron chi connectivity index (χ4n) is 2.84. The van der Waals surface area contributed by atoms with E-state index in [4.69, 9.17) is 10.5 Å². The number of amides is 1. The minimum Gasteiger partial charge on any atom is -0.495 e. The van der Waals surface area contributed by atoms with Crippen molar-refractivity contribution in [1.82, 2.24) is 19.6 Å². The number of nitrogens with zero attached hydrogens (tertiary/aromatic N) is 4. The van der Waals surface area contributed by atoms with Crippen LogP contribution in [0.15, 0.2) is 24.8 Å². The van der Waals surface area contributed by atoms with E-state index in [1.54, 1.807) is 19.5 Å². The first-order chi connectivity index (χ1) is 12.1. The number of nitrogen functional groups attached to an aromatic ring is 1. The predicted molar refractivity (Wildman–Crippen MR) is 88.1 cm³/mol. The van der Waals surface area contributed by atoms with Crippen molar-refractivity contribution in [2.75, 3.05) is 18.2 Å². The number of nitrogens with one attached hydrogen (secondary N) is 1. The highest BCUT2D eigenvalue weighted by Gasteiger charge is 2.31. The van der Waals surface area contributed by atoms with E-state index in [2.05, 4.69) is 20.4 Å². The molecular weight excluding hydrogens is 327 g/mol. The van der Waals surface area contributed by atoms with E-state index in [0.29, 0.717) is 17.4 Å². The van der Waals surface area contributed by atoms with Gasteiger partial charge in [-0.05, 0) is 18.8 Å². The van der Waals surface area contributed by atoms with Crippen molar-refractivity contribution >= 4 is 23.1 Å². The predicted octanol–water partition coefficient (Wildman–Crippen LogP) is 1.98. The summed E-state index contributed by atoms with van der Waals surface area (Å²) in [6.45, 7) is 0. The Morgan fingerprint density at radius 2 is 2.20 bits per heavy atom. The molecule has 3 N–H and O–H groups in total. The van der Waals surface area contributed by atoms with E-state index in [1.807, 2.05) is 0 Å². The standard InChI is InChI=1S/C16H15FN6O2/c1-25-11-6-19-5-10(12(11)8-2-3-8)21-16(24)13-14(18)22-23-7-9(17)4-20-15(13)23/h4-8H,2-3H2,1H3,(H2,18,22)(H,21,24). The zero-order chi connectivity index (χ0) is 17.6. The molecule has 0 aromatic carbocycles. The van der Waals surface area contributed by atoms with Gasteiger partial charge in [-0.25, -0.2) is 13.9 Å². The average Bonchev–Trinajstić information content (AvgIpc) is 3.36. The first-order valence-corrected chi connectivity index (χ1v) is 7.71. The molecule has 3 heterocycles. The van der Waals surface area contributed by atoms with Crippen molar-refractivity contribution in [2.24, 2.45) is 0 Å². The van der Waals surface area contributed by atoms with Crippen LogP contribution in [0.3, 0.4) is 0 Å². The fraction of sp³-hybridized carbons (Fsp3) is 0.250. The maximum atomic E-state index is 13.3. The van der Waals surface area contributed by atoms with E-state index >= 15 is 0 Å². The molecule has 4 rings (SSSR count). The van der Waals surface area contributed by atoms with Crippen molar-refractivity contribution in [2.45, 2.75) is 18.8 Å². The SMILES string of the molecule is COc1cncc(NC(=O)c2c(N)nn3cc(F)cnc23)c1C1CC1. The Labute approximate surface area is 141 Å². The third-order valence-electron chi connectivity index (χ3n) is 4.10. The molecule has 0 unspecified atom stereocenters. The van der Waals surface area contributed by atoms with Crippen molar-refractivity contribution in [3.63, 3.8) is 0 Å². The largest absolute Gasteiger partial charge is 0.495 e. The maximum Gasteiger partial charge on any atom is 0.263 e. The molecule has 1 aliphatic carbocycles. The quantitative estimate of drug-likeness (QED) is 0.751. The molecule has 0 bridgehead atoms. The maximum absolute atomic E-state index is 13.3. The van der Waals surface area contributed by atoms with Gasteiger partial charge in [0, 0.05) is 5.56 Å². The second-order valence-electron chi connectivity index (χ2n) is 5.83. The van der Waals surface area contributed by atoms with Gasteiger partial charge in [-0.2, -0.15) is 0 Å². The summed E-state index contributed by atoms with van der Waals surface area (Å²) >= 11 is 0. The molecule has 3 aromatic heterocycles. The van der Waals surface area contributed by atoms with Crippen LogP contribution in [0.2, 0.25) is 0 Å². The first kappa shape index (κ1) is 15.3. The van der Waals surface area contributed by atoms with Gasteiger partial charge in [0.1, 0.15) is 11.3 Å². The van der Waals surface area contributed by atoms with Crippen molar-refractivity contribution in [1.29, 1.82) is 0 Å². The van der Waals surface area contributed by atoms with E-state index in [-0.39, 0.29) is 17.0 Å². The highest BCUT2D eigenvalue weighted by atomic mass is 19.1. The van der Waals surface area contributed by atoms with Crippen LogP contribution in [0.4, 0.5) is 15.9 Å². The molecule has 8 nitrogen and oxygen atoms in total. The van der Waals surface area contributed by atoms with Crippen LogP contribution < -0.4 is 15.8 Å². The van der Waals surface area contributed by atoms with Crippen LogP contribution in [0.1, 0.15) is 34.7 Å². The Balaban J connectivity index is 1.73. The summed E-state index contributed by atoms with van der Waals surface area (Å²) in [5.41, 5.74) is 7.58. The lowest BCUT2D eigenvalue weighted by molar-refractivity contribution is 0.102. The van der Waals surface area contributed by atoms with E-state index in [0.717, 1.165) is 35.3 Å². The summed E-state index contributed by atoms with van der Waals surface area (Å²) in [6, 6.07) is 0. The molecule has 128 valence electrons. The first-order valence-electron chi connectivity index (χ1n) is 7.71. The summed E-state index contributed by atoms with van der Waals surface area (Å²) in [5.74, 6) is -0.118. The Kier molecular flexibility index (Phi) is 3.48. The summed E-state index contributed by atoms with van der Waals surface area (Å²) in [7, 11) is 1.57. The second kappa shape index (κ2) is 5.69. The molecule has 0 atom stereocenters. The number of aromatic nitrogens is 4. The summed E-state index contributed by atoms with van der Waals surface area (Å²) in [5, 5.41) is 6.74. The minimum atomic E-state index is -0.574. The zero-order valence-corrected chi connectivity index (χ0v) is 13.4. The molecule has 0 aliphatic heterocycles. The molecule has 1 aliphatic rings. The number of anilines is 2. The van der Waals surface area contributed by atoms with Crippen LogP contribution in [0.25, 0.3) is 5.65 Å². The summed E-state index contributed by atoms with van der Waals surface area (Å²) < 4.78 is 19.8. The molecule has 3 aromatic rings. The number of fused-ring (bicyclic) bond motifs is 1. The van der Waals surface area contributed by atoms with Gasteiger partial charge in [0.25, 0.3) is 5.91 Å². The van der Waals surface area contributed by atoms with Gasteiger partial charge in [-0.15, -0.1) is 5.10 Å². The highest BCUT2D eigenvalue weighted by Crippen LogP contribution is 2.47. The number of pyridine rings is 1. The van der Waals surface area contributed by atoms with Crippen LogP contribution in [0.5, 0.6) is 5.75 Å². The molecular formula is C16H15FN6O2. The third kappa shape index (κ3) is 2.63. The van der Waals surface area contributed by atoms with Gasteiger partial charge in [0.15, 0.2) is 17.3 Å². The summed E-state index contributed by atoms with van der Waals surface area (Å²) in [6.07, 6.45) is 7.38. The molecule has 9 heteroatoms. The van der Waals surface area contributed by atoms with Crippen molar-refractivity contribution in [3.05, 3.63) is 41.7 Å². The normalized spacial score (nSPS) is 13.8. The van der Waals surface area contributed by atoms with Crippen LogP contribution in [0, 0.1) is 5.82 Å². The number of methoxy groups -OCH3 is 1. The Hall–Kier alpha value is -3.23. The van der Waals surface area contributed by atoms with Gasteiger partial charge in [0.2, 0.25) is 0 Å². The zero-order valence-electron chi connectivity index (χ0n) is 13.4. The van der Waals surface area contributed by atoms with Crippen molar-refractivity contribution < 1.29 is 13.9 Å². The lowest BCUT2D eigenvalue weighted by Crippen LogP contribution is -2.15. The van der Waals surface area contributed by atoms with E-state index < -0.39 is 11.7 Å². The number of rotatable bonds is 4. The lowest BCUT2D eigenvalue weighted by atomic mass is 10.1. The lowest BCUT2D eigenvalue weighted by Gasteiger charge is -2.13. The highest BCUT2D eigenvalue weighted by molar-refractivity contribution is 6.11. The number of carbonyl (C=O) groups is 1. The molecule has 1 fully saturated rings. The number of hydrogen-bond acceptors (Lipinski definition) is 6. The minimum absolute atomic E-state index is 0.0283. The smallest absolute Gasteiger partial charge is 0.263 e. The van der Waals surface area contributed by atoms with E-state index in [1.165, 1.54) is 0 Å². The molecule has 1 amide bonds. The van der Waals surface area contributed by atoms with Crippen LogP contribution in [-0.2, 0) is 0 Å². The fourth-order valence-corrected chi connectivity index (χ4v) is 2.84. The monoisotopic (exact) mass is 342 g/mol. The molecule has 0 radical (unpaired) electrons. The number of carbonyl (C=O) groups excluding carboxylic acids is 1. The van der Waals surface area contributed by atoms with E-state index in [9.17, 15) is 9.18 Å².